The second kappa shape index (κ2) is 5.68. The zero-order valence-corrected chi connectivity index (χ0v) is 12.3. The first-order valence-corrected chi connectivity index (χ1v) is 7.21. The Kier molecular flexibility index (Phi) is 4.17. The van der Waals surface area contributed by atoms with Gasteiger partial charge in [-0.3, -0.25) is 10.1 Å². The molecule has 0 aliphatic heterocycles. The highest BCUT2D eigenvalue weighted by atomic mass is 79.9. The minimum atomic E-state index is -1.04. The van der Waals surface area contributed by atoms with Gasteiger partial charge in [0.15, 0.2) is 4.34 Å². The summed E-state index contributed by atoms with van der Waals surface area (Å²) in [5.74, 6) is -1.04. The molecule has 1 heterocycles. The molecule has 0 spiro atoms. The molecule has 0 saturated carbocycles. The quantitative estimate of drug-likeness (QED) is 0.660. The van der Waals surface area contributed by atoms with Crippen LogP contribution >= 0.6 is 39.0 Å². The molecule has 19 heavy (non-hydrogen) atoms. The van der Waals surface area contributed by atoms with E-state index in [0.29, 0.717) is 13.7 Å². The van der Waals surface area contributed by atoms with Crippen LogP contribution in [0, 0.1) is 10.1 Å². The van der Waals surface area contributed by atoms with Crippen molar-refractivity contribution in [1.82, 2.24) is 4.98 Å². The summed E-state index contributed by atoms with van der Waals surface area (Å²) in [4.78, 5) is 25.6. The summed E-state index contributed by atoms with van der Waals surface area (Å²) >= 11 is 5.28. The van der Waals surface area contributed by atoms with Crippen molar-refractivity contribution < 1.29 is 14.8 Å². The molecule has 0 fully saturated rings. The first-order chi connectivity index (χ1) is 8.97. The largest absolute Gasteiger partial charge is 0.478 e. The smallest absolute Gasteiger partial charge is 0.344 e. The van der Waals surface area contributed by atoms with Crippen LogP contribution in [-0.2, 0) is 0 Å². The molecule has 2 rings (SSSR count). The molecule has 0 bridgehead atoms. The molecule has 0 aliphatic rings. The third-order valence-electron chi connectivity index (χ3n) is 2.03. The number of thiazole rings is 1. The Labute approximate surface area is 123 Å². The molecular weight excluding hydrogens is 356 g/mol. The van der Waals surface area contributed by atoms with Gasteiger partial charge in [-0.15, -0.1) is 0 Å². The van der Waals surface area contributed by atoms with Crippen LogP contribution in [-0.4, -0.2) is 21.0 Å². The van der Waals surface area contributed by atoms with Crippen molar-refractivity contribution in [2.45, 2.75) is 9.24 Å². The summed E-state index contributed by atoms with van der Waals surface area (Å²) in [7, 11) is 0. The van der Waals surface area contributed by atoms with Gasteiger partial charge in [-0.05, 0) is 45.5 Å². The molecule has 1 N–H and O–H groups in total. The molecule has 0 unspecified atom stereocenters. The van der Waals surface area contributed by atoms with Crippen LogP contribution in [0.2, 0.25) is 0 Å². The first-order valence-electron chi connectivity index (χ1n) is 4.78. The molecule has 1 aromatic heterocycles. The minimum absolute atomic E-state index is 0.0435. The Balaban J connectivity index is 2.25. The van der Waals surface area contributed by atoms with Crippen LogP contribution in [0.25, 0.3) is 0 Å². The summed E-state index contributed by atoms with van der Waals surface area (Å²) in [5, 5.41) is 19.5. The number of carboxylic acids is 1. The van der Waals surface area contributed by atoms with Crippen molar-refractivity contribution in [2.24, 2.45) is 0 Å². The topological polar surface area (TPSA) is 93.3 Å². The van der Waals surface area contributed by atoms with Gasteiger partial charge in [0.05, 0.1) is 10.5 Å². The van der Waals surface area contributed by atoms with Gasteiger partial charge in [0.2, 0.25) is 0 Å². The summed E-state index contributed by atoms with van der Waals surface area (Å²) in [6.07, 6.45) is 1.18. The van der Waals surface area contributed by atoms with E-state index in [-0.39, 0.29) is 10.6 Å². The molecule has 9 heteroatoms. The highest BCUT2D eigenvalue weighted by molar-refractivity contribution is 9.10. The van der Waals surface area contributed by atoms with Crippen molar-refractivity contribution >= 4 is 50.0 Å². The van der Waals surface area contributed by atoms with Crippen molar-refractivity contribution in [3.05, 3.63) is 44.5 Å². The Bertz CT molecular complexity index is 659. The minimum Gasteiger partial charge on any atom is -0.478 e. The van der Waals surface area contributed by atoms with Crippen molar-refractivity contribution in [3.8, 4) is 0 Å². The number of hydrogen-bond donors (Lipinski definition) is 1. The Morgan fingerprint density at radius 2 is 2.26 bits per heavy atom. The van der Waals surface area contributed by atoms with Crippen LogP contribution in [0.4, 0.5) is 5.00 Å². The third-order valence-corrected chi connectivity index (χ3v) is 4.73. The molecule has 0 aliphatic carbocycles. The molecule has 2 aromatic rings. The van der Waals surface area contributed by atoms with Gasteiger partial charge in [-0.2, -0.15) is 0 Å². The summed E-state index contributed by atoms with van der Waals surface area (Å²) in [5.41, 5.74) is 0.135. The Morgan fingerprint density at radius 3 is 2.84 bits per heavy atom. The lowest BCUT2D eigenvalue weighted by atomic mass is 10.2. The van der Waals surface area contributed by atoms with Gasteiger partial charge in [0.1, 0.15) is 6.20 Å². The van der Waals surface area contributed by atoms with Gasteiger partial charge < -0.3 is 5.11 Å². The lowest BCUT2D eigenvalue weighted by molar-refractivity contribution is -0.380. The standard InChI is InChI=1S/C10H5BrN2O4S2/c11-7-2-1-5(3-6(7)9(14)15)18-10-12-4-8(19-10)13(16)17/h1-4H,(H,14,15). The predicted molar refractivity (Wildman–Crippen MR) is 74.0 cm³/mol. The second-order valence-electron chi connectivity index (χ2n) is 3.27. The number of hydrogen-bond acceptors (Lipinski definition) is 6. The van der Waals surface area contributed by atoms with E-state index in [0.717, 1.165) is 11.3 Å². The molecule has 0 atom stereocenters. The zero-order valence-electron chi connectivity index (χ0n) is 9.07. The van der Waals surface area contributed by atoms with E-state index in [4.69, 9.17) is 5.11 Å². The van der Waals surface area contributed by atoms with Crippen LogP contribution < -0.4 is 0 Å². The summed E-state index contributed by atoms with van der Waals surface area (Å²) in [6, 6.07) is 4.83. The van der Waals surface area contributed by atoms with Gasteiger partial charge in [0, 0.05) is 9.37 Å². The normalized spacial score (nSPS) is 10.4. The SMILES string of the molecule is O=C(O)c1cc(Sc2ncc([N+](=O)[O-])s2)ccc1Br. The maximum absolute atomic E-state index is 11.0. The van der Waals surface area contributed by atoms with Crippen LogP contribution in [0.3, 0.4) is 0 Å². The number of halogens is 1. The molecular formula is C10H5BrN2O4S2. The Morgan fingerprint density at radius 1 is 1.53 bits per heavy atom. The monoisotopic (exact) mass is 360 g/mol. The molecule has 0 radical (unpaired) electrons. The summed E-state index contributed by atoms with van der Waals surface area (Å²) in [6.45, 7) is 0. The molecule has 6 nitrogen and oxygen atoms in total. The zero-order chi connectivity index (χ0) is 14.0. The van der Waals surface area contributed by atoms with E-state index in [9.17, 15) is 14.9 Å². The third kappa shape index (κ3) is 3.31. The lowest BCUT2D eigenvalue weighted by Gasteiger charge is -2.02. The lowest BCUT2D eigenvalue weighted by Crippen LogP contribution is -1.97. The number of carbonyl (C=O) groups is 1. The highest BCUT2D eigenvalue weighted by Crippen LogP contribution is 2.35. The van der Waals surface area contributed by atoms with E-state index >= 15 is 0 Å². The molecule has 0 amide bonds. The number of benzene rings is 1. The highest BCUT2D eigenvalue weighted by Gasteiger charge is 2.14. The molecule has 1 aromatic carbocycles. The van der Waals surface area contributed by atoms with Gasteiger partial charge in [0.25, 0.3) is 0 Å². The molecule has 98 valence electrons. The van der Waals surface area contributed by atoms with E-state index in [1.165, 1.54) is 24.0 Å². The number of nitrogens with zero attached hydrogens (tertiary/aromatic N) is 2. The van der Waals surface area contributed by atoms with Crippen LogP contribution in [0.15, 0.2) is 38.1 Å². The average Bonchev–Trinajstić information content (AvgIpc) is 2.80. The Hall–Kier alpha value is -1.45. The number of carboxylic acid groups (broad SMARTS) is 1. The van der Waals surface area contributed by atoms with E-state index in [2.05, 4.69) is 20.9 Å². The van der Waals surface area contributed by atoms with E-state index in [1.54, 1.807) is 12.1 Å². The van der Waals surface area contributed by atoms with Crippen LogP contribution in [0.1, 0.15) is 10.4 Å². The van der Waals surface area contributed by atoms with Gasteiger partial charge in [-0.1, -0.05) is 11.8 Å². The second-order valence-corrected chi connectivity index (χ2v) is 6.45. The van der Waals surface area contributed by atoms with E-state index < -0.39 is 10.9 Å². The number of rotatable bonds is 4. The number of nitro groups is 1. The van der Waals surface area contributed by atoms with Crippen molar-refractivity contribution in [3.63, 3.8) is 0 Å². The van der Waals surface area contributed by atoms with Gasteiger partial charge >= 0.3 is 11.0 Å². The molecule has 0 saturated heterocycles. The van der Waals surface area contributed by atoms with Crippen molar-refractivity contribution in [2.75, 3.05) is 0 Å². The van der Waals surface area contributed by atoms with E-state index in [1.807, 2.05) is 0 Å². The first kappa shape index (κ1) is 14.0. The van der Waals surface area contributed by atoms with Crippen LogP contribution in [0.5, 0.6) is 0 Å². The fourth-order valence-electron chi connectivity index (χ4n) is 1.21. The predicted octanol–water partition coefficient (Wildman–Crippen LogP) is 3.66. The summed E-state index contributed by atoms with van der Waals surface area (Å²) < 4.78 is 0.972. The number of aromatic nitrogens is 1. The maximum atomic E-state index is 11.0. The van der Waals surface area contributed by atoms with Gasteiger partial charge in [-0.25, -0.2) is 9.78 Å². The fourth-order valence-corrected chi connectivity index (χ4v) is 3.43. The van der Waals surface area contributed by atoms with Crippen molar-refractivity contribution in [1.29, 1.82) is 0 Å². The average molecular weight is 361 g/mol. The fraction of sp³-hybridized carbons (Fsp3) is 0. The number of aromatic carboxylic acids is 1. The maximum Gasteiger partial charge on any atom is 0.344 e.